The molecule has 2 heterocycles. The fraction of sp³-hybridized carbons (Fsp3) is 0.500. The van der Waals surface area contributed by atoms with Gasteiger partial charge in [-0.25, -0.2) is 9.78 Å². The lowest BCUT2D eigenvalue weighted by Crippen LogP contribution is -2.54. The number of aromatic nitrogens is 1. The predicted octanol–water partition coefficient (Wildman–Crippen LogP) is 3.08. The van der Waals surface area contributed by atoms with Gasteiger partial charge in [0.25, 0.3) is 5.89 Å². The average Bonchev–Trinajstić information content (AvgIpc) is 3.14. The summed E-state index contributed by atoms with van der Waals surface area (Å²) in [6, 6.07) is 3.45. The Hall–Kier alpha value is -2.57. The van der Waals surface area contributed by atoms with Crippen LogP contribution in [0.3, 0.4) is 0 Å². The van der Waals surface area contributed by atoms with Crippen LogP contribution in [0.5, 0.6) is 0 Å². The maximum Gasteiger partial charge on any atom is 0.329 e. The molecule has 134 valence electrons. The Labute approximate surface area is 145 Å². The van der Waals surface area contributed by atoms with Gasteiger partial charge in [0.2, 0.25) is 5.91 Å². The summed E-state index contributed by atoms with van der Waals surface area (Å²) in [5.41, 5.74) is -0.687. The summed E-state index contributed by atoms with van der Waals surface area (Å²) in [7, 11) is 0. The molecule has 0 bridgehead atoms. The largest absolute Gasteiger partial charge is 0.480 e. The van der Waals surface area contributed by atoms with Gasteiger partial charge in [0.15, 0.2) is 5.76 Å². The van der Waals surface area contributed by atoms with Gasteiger partial charge in [-0.3, -0.25) is 4.79 Å². The highest BCUT2D eigenvalue weighted by atomic mass is 16.4. The molecule has 2 aromatic heterocycles. The first-order valence-corrected chi connectivity index (χ1v) is 8.55. The molecule has 1 aliphatic carbocycles. The van der Waals surface area contributed by atoms with Crippen LogP contribution in [0.4, 0.5) is 0 Å². The molecule has 7 heteroatoms. The van der Waals surface area contributed by atoms with Crippen molar-refractivity contribution in [2.75, 3.05) is 0 Å². The van der Waals surface area contributed by atoms with Crippen molar-refractivity contribution in [3.63, 3.8) is 0 Å². The number of aliphatic carboxylic acids is 1. The van der Waals surface area contributed by atoms with Crippen LogP contribution < -0.4 is 5.32 Å². The second-order valence-corrected chi connectivity index (χ2v) is 6.53. The molecular formula is C18H22N2O5. The third-order valence-corrected chi connectivity index (χ3v) is 4.70. The molecule has 1 aliphatic rings. The van der Waals surface area contributed by atoms with Crippen LogP contribution >= 0.6 is 0 Å². The summed E-state index contributed by atoms with van der Waals surface area (Å²) in [5, 5.41) is 12.4. The molecule has 0 saturated heterocycles. The van der Waals surface area contributed by atoms with Crippen LogP contribution in [0.2, 0.25) is 0 Å². The summed E-state index contributed by atoms with van der Waals surface area (Å²) in [4.78, 5) is 28.6. The molecule has 2 N–H and O–H groups in total. The van der Waals surface area contributed by atoms with Crippen molar-refractivity contribution >= 4 is 11.9 Å². The molecule has 2 aromatic rings. The Kier molecular flexibility index (Phi) is 4.92. The van der Waals surface area contributed by atoms with E-state index in [9.17, 15) is 14.7 Å². The smallest absolute Gasteiger partial charge is 0.329 e. The van der Waals surface area contributed by atoms with Crippen molar-refractivity contribution in [1.82, 2.24) is 10.3 Å². The number of nitrogens with one attached hydrogen (secondary N) is 1. The molecule has 0 atom stereocenters. The van der Waals surface area contributed by atoms with Gasteiger partial charge in [0.05, 0.1) is 18.4 Å². The summed E-state index contributed by atoms with van der Waals surface area (Å²) >= 11 is 0. The maximum atomic E-state index is 12.5. The monoisotopic (exact) mass is 346 g/mol. The van der Waals surface area contributed by atoms with E-state index in [0.717, 1.165) is 25.7 Å². The van der Waals surface area contributed by atoms with Gasteiger partial charge in [-0.1, -0.05) is 25.7 Å². The summed E-state index contributed by atoms with van der Waals surface area (Å²) in [6.45, 7) is 1.72. The molecule has 1 saturated carbocycles. The SMILES string of the molecule is Cc1oc(-c2ccco2)nc1CC(=O)NC1(C(=O)O)CCCCCC1. The zero-order chi connectivity index (χ0) is 17.9. The van der Waals surface area contributed by atoms with E-state index in [1.807, 2.05) is 0 Å². The topological polar surface area (TPSA) is 106 Å². The number of aryl methyl sites for hydroxylation is 1. The highest BCUT2D eigenvalue weighted by Gasteiger charge is 2.40. The van der Waals surface area contributed by atoms with Gasteiger partial charge < -0.3 is 19.3 Å². The van der Waals surface area contributed by atoms with E-state index < -0.39 is 11.5 Å². The van der Waals surface area contributed by atoms with Gasteiger partial charge in [0.1, 0.15) is 11.3 Å². The van der Waals surface area contributed by atoms with Gasteiger partial charge in [-0.05, 0) is 31.9 Å². The number of carboxylic acids is 1. The van der Waals surface area contributed by atoms with Crippen LogP contribution in [0.15, 0.2) is 27.2 Å². The number of furan rings is 1. The summed E-state index contributed by atoms with van der Waals surface area (Å²) < 4.78 is 10.8. The minimum absolute atomic E-state index is 0.0227. The first-order chi connectivity index (χ1) is 12.0. The average molecular weight is 346 g/mol. The van der Waals surface area contributed by atoms with Crippen molar-refractivity contribution in [1.29, 1.82) is 0 Å². The second-order valence-electron chi connectivity index (χ2n) is 6.53. The lowest BCUT2D eigenvalue weighted by atomic mass is 9.90. The number of hydrogen-bond acceptors (Lipinski definition) is 5. The van der Waals surface area contributed by atoms with Crippen molar-refractivity contribution in [2.45, 2.75) is 57.4 Å². The van der Waals surface area contributed by atoms with Crippen molar-refractivity contribution in [3.05, 3.63) is 29.9 Å². The van der Waals surface area contributed by atoms with Crippen LogP contribution in [0.25, 0.3) is 11.7 Å². The third kappa shape index (κ3) is 3.75. The molecule has 0 aliphatic heterocycles. The number of rotatable bonds is 5. The van der Waals surface area contributed by atoms with Crippen LogP contribution in [0.1, 0.15) is 50.0 Å². The number of hydrogen-bond donors (Lipinski definition) is 2. The minimum atomic E-state index is -1.17. The van der Waals surface area contributed by atoms with Gasteiger partial charge >= 0.3 is 5.97 Å². The summed E-state index contributed by atoms with van der Waals surface area (Å²) in [6.07, 6.45) is 6.03. The number of nitrogens with zero attached hydrogens (tertiary/aromatic N) is 1. The zero-order valence-corrected chi connectivity index (χ0v) is 14.2. The number of amides is 1. The zero-order valence-electron chi connectivity index (χ0n) is 14.2. The highest BCUT2D eigenvalue weighted by molar-refractivity contribution is 5.88. The lowest BCUT2D eigenvalue weighted by molar-refractivity contribution is -0.148. The number of carbonyl (C=O) groups is 2. The van der Waals surface area contributed by atoms with E-state index in [0.29, 0.717) is 35.9 Å². The second kappa shape index (κ2) is 7.13. The molecule has 1 amide bonds. The molecular weight excluding hydrogens is 324 g/mol. The Morgan fingerprint density at radius 2 is 2.00 bits per heavy atom. The molecule has 25 heavy (non-hydrogen) atoms. The fourth-order valence-corrected chi connectivity index (χ4v) is 3.29. The van der Waals surface area contributed by atoms with Crippen molar-refractivity contribution in [2.24, 2.45) is 0 Å². The van der Waals surface area contributed by atoms with E-state index >= 15 is 0 Å². The minimum Gasteiger partial charge on any atom is -0.480 e. The lowest BCUT2D eigenvalue weighted by Gasteiger charge is -2.29. The van der Waals surface area contributed by atoms with Crippen LogP contribution in [0, 0.1) is 6.92 Å². The van der Waals surface area contributed by atoms with Crippen molar-refractivity contribution in [3.8, 4) is 11.7 Å². The number of oxazole rings is 1. The van der Waals surface area contributed by atoms with E-state index in [1.165, 1.54) is 6.26 Å². The summed E-state index contributed by atoms with van der Waals surface area (Å²) in [5.74, 6) is 0.00244. The van der Waals surface area contributed by atoms with E-state index in [2.05, 4.69) is 10.3 Å². The number of carboxylic acid groups (broad SMARTS) is 1. The first kappa shape index (κ1) is 17.3. The van der Waals surface area contributed by atoms with Gasteiger partial charge in [-0.15, -0.1) is 0 Å². The molecule has 0 radical (unpaired) electrons. The molecule has 0 unspecified atom stereocenters. The molecule has 3 rings (SSSR count). The Morgan fingerprint density at radius 3 is 2.60 bits per heavy atom. The standard InChI is InChI=1S/C18H22N2O5/c1-12-13(19-16(25-12)14-7-6-10-24-14)11-15(21)20-18(17(22)23)8-4-2-3-5-9-18/h6-7,10H,2-5,8-9,11H2,1H3,(H,20,21)(H,22,23). The molecule has 1 fully saturated rings. The Morgan fingerprint density at radius 1 is 1.28 bits per heavy atom. The third-order valence-electron chi connectivity index (χ3n) is 4.70. The van der Waals surface area contributed by atoms with Gasteiger partial charge in [0, 0.05) is 0 Å². The fourth-order valence-electron chi connectivity index (χ4n) is 3.29. The Bertz CT molecular complexity index is 740. The van der Waals surface area contributed by atoms with E-state index in [4.69, 9.17) is 8.83 Å². The quantitative estimate of drug-likeness (QED) is 0.806. The van der Waals surface area contributed by atoms with Crippen LogP contribution in [-0.4, -0.2) is 27.5 Å². The van der Waals surface area contributed by atoms with E-state index in [-0.39, 0.29) is 12.3 Å². The maximum absolute atomic E-state index is 12.5. The van der Waals surface area contributed by atoms with Gasteiger partial charge in [-0.2, -0.15) is 0 Å². The molecule has 7 nitrogen and oxygen atoms in total. The normalized spacial score (nSPS) is 17.0. The molecule has 0 aromatic carbocycles. The Balaban J connectivity index is 1.72. The van der Waals surface area contributed by atoms with E-state index in [1.54, 1.807) is 19.1 Å². The first-order valence-electron chi connectivity index (χ1n) is 8.55. The van der Waals surface area contributed by atoms with Crippen molar-refractivity contribution < 1.29 is 23.5 Å². The number of carbonyl (C=O) groups excluding carboxylic acids is 1. The predicted molar refractivity (Wildman–Crippen MR) is 88.9 cm³/mol. The highest BCUT2D eigenvalue weighted by Crippen LogP contribution is 2.28. The molecule has 0 spiro atoms. The van der Waals surface area contributed by atoms with Crippen LogP contribution in [-0.2, 0) is 16.0 Å².